The lowest BCUT2D eigenvalue weighted by molar-refractivity contribution is 0.0699. The van der Waals surface area contributed by atoms with Crippen LogP contribution in [0.4, 0.5) is 0 Å². The van der Waals surface area contributed by atoms with Crippen LogP contribution in [-0.4, -0.2) is 22.2 Å². The first kappa shape index (κ1) is 18.4. The summed E-state index contributed by atoms with van der Waals surface area (Å²) in [7, 11) is 0. The Bertz CT molecular complexity index is 1200. The monoisotopic (exact) mass is 393 g/mol. The van der Waals surface area contributed by atoms with Gasteiger partial charge in [-0.25, -0.2) is 4.79 Å². The molecule has 1 aromatic heterocycles. The summed E-state index contributed by atoms with van der Waals surface area (Å²) in [5.41, 5.74) is 3.90. The van der Waals surface area contributed by atoms with Crippen LogP contribution in [0.5, 0.6) is 5.75 Å². The van der Waals surface area contributed by atoms with E-state index in [9.17, 15) is 9.90 Å². The van der Waals surface area contributed by atoms with E-state index in [0.717, 1.165) is 27.5 Å². The fourth-order valence-electron chi connectivity index (χ4n) is 3.80. The topological polar surface area (TPSA) is 51.5 Å². The molecule has 4 rings (SSSR count). The summed E-state index contributed by atoms with van der Waals surface area (Å²) in [5, 5.41) is 11.9. The normalized spacial score (nSPS) is 11.2. The zero-order valence-corrected chi connectivity index (χ0v) is 16.5. The number of aromatic nitrogens is 1. The highest BCUT2D eigenvalue weighted by Crippen LogP contribution is 2.40. The van der Waals surface area contributed by atoms with Crippen LogP contribution < -0.4 is 4.74 Å². The van der Waals surface area contributed by atoms with Gasteiger partial charge >= 0.3 is 5.97 Å². The van der Waals surface area contributed by atoms with Crippen molar-refractivity contribution in [3.05, 3.63) is 76.3 Å². The molecule has 0 unspecified atom stereocenters. The number of ether oxygens (including phenoxy) is 1. The number of carboxylic acid groups (broad SMARTS) is 1. The number of carbonyl (C=O) groups is 1. The highest BCUT2D eigenvalue weighted by molar-refractivity contribution is 6.32. The average molecular weight is 394 g/mol. The molecule has 3 aromatic carbocycles. The molecule has 142 valence electrons. The van der Waals surface area contributed by atoms with Crippen molar-refractivity contribution in [2.75, 3.05) is 6.61 Å². The van der Waals surface area contributed by atoms with Gasteiger partial charge in [0.25, 0.3) is 0 Å². The third-order valence-corrected chi connectivity index (χ3v) is 5.17. The van der Waals surface area contributed by atoms with Gasteiger partial charge in [0.15, 0.2) is 0 Å². The predicted octanol–water partition coefficient (Wildman–Crippen LogP) is 5.90. The fourth-order valence-corrected chi connectivity index (χ4v) is 3.97. The molecular weight excluding hydrogens is 374 g/mol. The fraction of sp³-hybridized carbons (Fsp3) is 0.174. The van der Waals surface area contributed by atoms with E-state index in [4.69, 9.17) is 16.3 Å². The van der Waals surface area contributed by atoms with Gasteiger partial charge in [0.2, 0.25) is 0 Å². The number of aromatic carboxylic acids is 1. The van der Waals surface area contributed by atoms with Crippen molar-refractivity contribution in [2.24, 2.45) is 0 Å². The van der Waals surface area contributed by atoms with Crippen molar-refractivity contribution in [1.82, 2.24) is 4.57 Å². The van der Waals surface area contributed by atoms with Gasteiger partial charge in [-0.3, -0.25) is 0 Å². The highest BCUT2D eigenvalue weighted by Gasteiger charge is 2.23. The summed E-state index contributed by atoms with van der Waals surface area (Å²) in [6.07, 6.45) is 0. The number of hydrogen-bond acceptors (Lipinski definition) is 2. The van der Waals surface area contributed by atoms with Gasteiger partial charge in [0, 0.05) is 27.9 Å². The smallest absolute Gasteiger partial charge is 0.336 e. The van der Waals surface area contributed by atoms with Gasteiger partial charge in [0.1, 0.15) is 5.75 Å². The average Bonchev–Trinajstić information content (AvgIpc) is 2.98. The quantitative estimate of drug-likeness (QED) is 0.459. The van der Waals surface area contributed by atoms with Crippen LogP contribution in [0.2, 0.25) is 5.02 Å². The number of carboxylic acids is 1. The molecule has 0 aliphatic carbocycles. The lowest BCUT2D eigenvalue weighted by Gasteiger charge is -2.15. The summed E-state index contributed by atoms with van der Waals surface area (Å²) >= 11 is 6.26. The molecule has 4 nitrogen and oxygen atoms in total. The minimum absolute atomic E-state index is 0.259. The molecule has 4 aromatic rings. The Morgan fingerprint density at radius 1 is 1.14 bits per heavy atom. The van der Waals surface area contributed by atoms with Crippen LogP contribution in [0.25, 0.3) is 21.8 Å². The van der Waals surface area contributed by atoms with E-state index >= 15 is 0 Å². The van der Waals surface area contributed by atoms with Crippen molar-refractivity contribution in [3.8, 4) is 5.75 Å². The number of fused-ring (bicyclic) bond motifs is 3. The molecule has 0 amide bonds. The lowest BCUT2D eigenvalue weighted by Crippen LogP contribution is -2.05. The third kappa shape index (κ3) is 3.00. The van der Waals surface area contributed by atoms with E-state index in [1.807, 2.05) is 50.2 Å². The summed E-state index contributed by atoms with van der Waals surface area (Å²) in [6.45, 7) is 4.91. The van der Waals surface area contributed by atoms with Crippen LogP contribution in [0.1, 0.15) is 28.4 Å². The predicted molar refractivity (Wildman–Crippen MR) is 113 cm³/mol. The van der Waals surface area contributed by atoms with E-state index in [2.05, 4.69) is 16.7 Å². The minimum Gasteiger partial charge on any atom is -0.491 e. The van der Waals surface area contributed by atoms with Gasteiger partial charge in [-0.1, -0.05) is 41.9 Å². The summed E-state index contributed by atoms with van der Waals surface area (Å²) in [6, 6.07) is 17.4. The van der Waals surface area contributed by atoms with Gasteiger partial charge in [-0.2, -0.15) is 0 Å². The second-order valence-corrected chi connectivity index (χ2v) is 7.20. The number of aryl methyl sites for hydroxylation is 1. The molecule has 0 atom stereocenters. The molecule has 5 heteroatoms. The van der Waals surface area contributed by atoms with Crippen LogP contribution in [0.3, 0.4) is 0 Å². The van der Waals surface area contributed by atoms with E-state index in [1.54, 1.807) is 6.07 Å². The molecular formula is C23H20ClNO3. The first-order valence-electron chi connectivity index (χ1n) is 9.16. The number of halogens is 1. The molecule has 1 N–H and O–H groups in total. The number of hydrogen-bond donors (Lipinski definition) is 1. The molecule has 0 radical (unpaired) electrons. The van der Waals surface area contributed by atoms with Gasteiger partial charge in [-0.15, -0.1) is 0 Å². The van der Waals surface area contributed by atoms with Crippen LogP contribution >= 0.6 is 11.6 Å². The zero-order chi connectivity index (χ0) is 19.8. The van der Waals surface area contributed by atoms with Crippen LogP contribution in [-0.2, 0) is 6.54 Å². The molecule has 0 spiro atoms. The van der Waals surface area contributed by atoms with E-state index in [0.29, 0.717) is 29.3 Å². The van der Waals surface area contributed by atoms with Crippen molar-refractivity contribution in [3.63, 3.8) is 0 Å². The molecule has 0 saturated heterocycles. The maximum Gasteiger partial charge on any atom is 0.336 e. The number of nitrogens with zero attached hydrogens (tertiary/aromatic N) is 1. The van der Waals surface area contributed by atoms with Crippen molar-refractivity contribution >= 4 is 39.4 Å². The lowest BCUT2D eigenvalue weighted by atomic mass is 10.0. The first-order valence-corrected chi connectivity index (χ1v) is 9.54. The van der Waals surface area contributed by atoms with Gasteiger partial charge in [0.05, 0.1) is 17.7 Å². The minimum atomic E-state index is -0.963. The Hall–Kier alpha value is -2.98. The molecule has 0 aliphatic heterocycles. The van der Waals surface area contributed by atoms with E-state index < -0.39 is 5.97 Å². The number of benzene rings is 3. The second kappa shape index (κ2) is 7.21. The summed E-state index contributed by atoms with van der Waals surface area (Å²) in [5.74, 6) is -0.249. The Labute approximate surface area is 167 Å². The molecule has 0 fully saturated rings. The Kier molecular flexibility index (Phi) is 4.73. The molecule has 0 aliphatic rings. The van der Waals surface area contributed by atoms with Gasteiger partial charge < -0.3 is 14.4 Å². The van der Waals surface area contributed by atoms with Gasteiger partial charge in [-0.05, 0) is 49.2 Å². The van der Waals surface area contributed by atoms with Crippen LogP contribution in [0.15, 0.2) is 54.6 Å². The standard InChI is InChI=1S/C23H20ClNO3/c1-3-28-22-14(2)11-18(23(26)27)20-17-12-16(24)9-10-19(17)25(21(20)22)13-15-7-5-4-6-8-15/h4-12H,3,13H2,1-2H3,(H,26,27). The van der Waals surface area contributed by atoms with Crippen molar-refractivity contribution in [2.45, 2.75) is 20.4 Å². The highest BCUT2D eigenvalue weighted by atomic mass is 35.5. The maximum absolute atomic E-state index is 12.0. The molecule has 0 saturated carbocycles. The Morgan fingerprint density at radius 2 is 1.89 bits per heavy atom. The van der Waals surface area contributed by atoms with Crippen molar-refractivity contribution in [1.29, 1.82) is 0 Å². The zero-order valence-electron chi connectivity index (χ0n) is 15.7. The SMILES string of the molecule is CCOc1c(C)cc(C(=O)O)c2c3cc(Cl)ccc3n(Cc3ccccc3)c12. The molecule has 28 heavy (non-hydrogen) atoms. The third-order valence-electron chi connectivity index (χ3n) is 4.93. The van der Waals surface area contributed by atoms with Crippen LogP contribution in [0, 0.1) is 6.92 Å². The first-order chi connectivity index (χ1) is 13.5. The summed E-state index contributed by atoms with van der Waals surface area (Å²) in [4.78, 5) is 12.0. The molecule has 1 heterocycles. The number of rotatable bonds is 5. The Morgan fingerprint density at radius 3 is 2.57 bits per heavy atom. The largest absolute Gasteiger partial charge is 0.491 e. The van der Waals surface area contributed by atoms with E-state index in [1.165, 1.54) is 0 Å². The second-order valence-electron chi connectivity index (χ2n) is 6.77. The van der Waals surface area contributed by atoms with E-state index in [-0.39, 0.29) is 5.56 Å². The van der Waals surface area contributed by atoms with Crippen molar-refractivity contribution < 1.29 is 14.6 Å². The Balaban J connectivity index is 2.17. The molecule has 0 bridgehead atoms. The maximum atomic E-state index is 12.0. The summed E-state index contributed by atoms with van der Waals surface area (Å²) < 4.78 is 8.10.